The van der Waals surface area contributed by atoms with Gasteiger partial charge in [0, 0.05) is 26.8 Å². The molecule has 0 unspecified atom stereocenters. The summed E-state index contributed by atoms with van der Waals surface area (Å²) in [6.45, 7) is -0.349. The number of alkyl halides is 3. The highest BCUT2D eigenvalue weighted by molar-refractivity contribution is 6.03. The molecule has 9 heteroatoms. The van der Waals surface area contributed by atoms with Crippen molar-refractivity contribution in [3.05, 3.63) is 18.0 Å². The summed E-state index contributed by atoms with van der Waals surface area (Å²) in [5.74, 6) is -1.25. The minimum atomic E-state index is -4.31. The number of rotatable bonds is 4. The summed E-state index contributed by atoms with van der Waals surface area (Å²) in [7, 11) is 3.04. The second kappa shape index (κ2) is 5.23. The van der Waals surface area contributed by atoms with Crippen LogP contribution in [0.5, 0.6) is 0 Å². The van der Waals surface area contributed by atoms with Crippen molar-refractivity contribution in [1.82, 2.24) is 14.8 Å². The van der Waals surface area contributed by atoms with Crippen molar-refractivity contribution in [3.63, 3.8) is 0 Å². The lowest BCUT2D eigenvalue weighted by Gasteiger charge is -2.22. The van der Waals surface area contributed by atoms with Crippen LogP contribution in [0.4, 0.5) is 18.9 Å². The number of pyridine rings is 1. The quantitative estimate of drug-likeness (QED) is 0.936. The standard InChI is InChI=1S/C12H13F3N4O2/c1-18(4-3-12(13,14)15)9-7-6-17-19(2)10(7)16-5-8(9)11(20)21/h5-6H,3-4H2,1-2H3,(H,20,21). The fourth-order valence-electron chi connectivity index (χ4n) is 2.06. The Morgan fingerprint density at radius 1 is 1.43 bits per heavy atom. The molecule has 0 bridgehead atoms. The van der Waals surface area contributed by atoms with E-state index in [1.807, 2.05) is 0 Å². The zero-order chi connectivity index (χ0) is 15.8. The Hall–Kier alpha value is -2.32. The molecule has 2 aromatic rings. The summed E-state index contributed by atoms with van der Waals surface area (Å²) in [5.41, 5.74) is 0.443. The van der Waals surface area contributed by atoms with Gasteiger partial charge in [-0.25, -0.2) is 9.78 Å². The average Bonchev–Trinajstić information content (AvgIpc) is 2.76. The molecule has 0 atom stereocenters. The van der Waals surface area contributed by atoms with E-state index in [9.17, 15) is 23.1 Å². The van der Waals surface area contributed by atoms with Crippen molar-refractivity contribution in [2.24, 2.45) is 7.05 Å². The molecule has 0 aromatic carbocycles. The van der Waals surface area contributed by atoms with Gasteiger partial charge in [-0.15, -0.1) is 0 Å². The Morgan fingerprint density at radius 2 is 2.10 bits per heavy atom. The maximum atomic E-state index is 12.3. The van der Waals surface area contributed by atoms with E-state index in [-0.39, 0.29) is 17.8 Å². The number of aromatic carboxylic acids is 1. The number of carboxylic acids is 1. The zero-order valence-corrected chi connectivity index (χ0v) is 11.3. The lowest BCUT2D eigenvalue weighted by Crippen LogP contribution is -2.26. The summed E-state index contributed by atoms with van der Waals surface area (Å²) < 4.78 is 38.4. The number of aryl methyl sites for hydroxylation is 1. The molecular weight excluding hydrogens is 289 g/mol. The number of hydrogen-bond acceptors (Lipinski definition) is 4. The van der Waals surface area contributed by atoms with E-state index in [0.717, 1.165) is 6.20 Å². The lowest BCUT2D eigenvalue weighted by atomic mass is 10.1. The van der Waals surface area contributed by atoms with Gasteiger partial charge in [-0.05, 0) is 0 Å². The molecule has 0 aliphatic rings. The average molecular weight is 302 g/mol. The van der Waals surface area contributed by atoms with Crippen molar-refractivity contribution < 1.29 is 23.1 Å². The number of carboxylic acid groups (broad SMARTS) is 1. The molecule has 0 aliphatic carbocycles. The van der Waals surface area contributed by atoms with Gasteiger partial charge in [0.1, 0.15) is 5.56 Å². The van der Waals surface area contributed by atoms with Crippen LogP contribution in [-0.2, 0) is 7.05 Å². The lowest BCUT2D eigenvalue weighted by molar-refractivity contribution is -0.132. The van der Waals surface area contributed by atoms with Crippen molar-refractivity contribution >= 4 is 22.7 Å². The normalized spacial score (nSPS) is 11.9. The number of anilines is 1. The Labute approximate surface area is 117 Å². The Bertz CT molecular complexity index is 681. The third-order valence-electron chi connectivity index (χ3n) is 3.08. The molecular formula is C12H13F3N4O2. The second-order valence-electron chi connectivity index (χ2n) is 4.62. The second-order valence-corrected chi connectivity index (χ2v) is 4.62. The molecule has 0 amide bonds. The summed E-state index contributed by atoms with van der Waals surface area (Å²) in [6, 6.07) is 0. The molecule has 21 heavy (non-hydrogen) atoms. The summed E-state index contributed by atoms with van der Waals surface area (Å²) in [4.78, 5) is 16.5. The summed E-state index contributed by atoms with van der Waals surface area (Å²) in [6.07, 6.45) is -2.81. The summed E-state index contributed by atoms with van der Waals surface area (Å²) >= 11 is 0. The third-order valence-corrected chi connectivity index (χ3v) is 3.08. The molecule has 114 valence electrons. The smallest absolute Gasteiger partial charge is 0.390 e. The van der Waals surface area contributed by atoms with E-state index >= 15 is 0 Å². The molecule has 0 aliphatic heterocycles. The van der Waals surface area contributed by atoms with Gasteiger partial charge in [0.05, 0.1) is 23.7 Å². The maximum Gasteiger partial charge on any atom is 0.390 e. The van der Waals surface area contributed by atoms with Gasteiger partial charge < -0.3 is 10.0 Å². The monoisotopic (exact) mass is 302 g/mol. The number of carbonyl (C=O) groups is 1. The van der Waals surface area contributed by atoms with E-state index in [0.29, 0.717) is 11.0 Å². The Kier molecular flexibility index (Phi) is 3.75. The molecule has 0 saturated heterocycles. The van der Waals surface area contributed by atoms with Gasteiger partial charge in [-0.1, -0.05) is 0 Å². The van der Waals surface area contributed by atoms with Crippen LogP contribution < -0.4 is 4.90 Å². The first-order chi connectivity index (χ1) is 9.70. The van der Waals surface area contributed by atoms with Crippen molar-refractivity contribution in [1.29, 1.82) is 0 Å². The predicted molar refractivity (Wildman–Crippen MR) is 69.4 cm³/mol. The Balaban J connectivity index is 2.48. The summed E-state index contributed by atoms with van der Waals surface area (Å²) in [5, 5.41) is 13.6. The minimum absolute atomic E-state index is 0.153. The fourth-order valence-corrected chi connectivity index (χ4v) is 2.06. The minimum Gasteiger partial charge on any atom is -0.478 e. The van der Waals surface area contributed by atoms with Crippen LogP contribution in [0.3, 0.4) is 0 Å². The van der Waals surface area contributed by atoms with Gasteiger partial charge in [0.25, 0.3) is 0 Å². The number of nitrogens with zero attached hydrogens (tertiary/aromatic N) is 4. The fraction of sp³-hybridized carbons (Fsp3) is 0.417. The first-order valence-corrected chi connectivity index (χ1v) is 6.02. The predicted octanol–water partition coefficient (Wildman–Crippen LogP) is 2.06. The maximum absolute atomic E-state index is 12.3. The van der Waals surface area contributed by atoms with Gasteiger partial charge in [-0.2, -0.15) is 18.3 Å². The molecule has 1 N–H and O–H groups in total. The SMILES string of the molecule is CN(CCC(F)(F)F)c1c(C(=O)O)cnc2c1cnn2C. The molecule has 0 saturated carbocycles. The zero-order valence-electron chi connectivity index (χ0n) is 11.3. The van der Waals surface area contributed by atoms with E-state index < -0.39 is 18.6 Å². The van der Waals surface area contributed by atoms with Crippen LogP contribution in [-0.4, -0.2) is 45.6 Å². The first-order valence-electron chi connectivity index (χ1n) is 6.02. The molecule has 0 spiro atoms. The van der Waals surface area contributed by atoms with Crippen LogP contribution in [0.25, 0.3) is 11.0 Å². The number of halogens is 3. The Morgan fingerprint density at radius 3 is 2.67 bits per heavy atom. The molecule has 2 rings (SSSR count). The van der Waals surface area contributed by atoms with Crippen LogP contribution in [0.1, 0.15) is 16.8 Å². The van der Waals surface area contributed by atoms with Crippen molar-refractivity contribution in [2.75, 3.05) is 18.5 Å². The highest BCUT2D eigenvalue weighted by Crippen LogP contribution is 2.30. The molecule has 2 heterocycles. The van der Waals surface area contributed by atoms with E-state index in [1.54, 1.807) is 7.05 Å². The topological polar surface area (TPSA) is 71.2 Å². The first kappa shape index (κ1) is 15.1. The van der Waals surface area contributed by atoms with E-state index in [4.69, 9.17) is 0 Å². The van der Waals surface area contributed by atoms with Crippen molar-refractivity contribution in [3.8, 4) is 0 Å². The molecule has 0 fully saturated rings. The van der Waals surface area contributed by atoms with Crippen LogP contribution in [0, 0.1) is 0 Å². The highest BCUT2D eigenvalue weighted by atomic mass is 19.4. The number of fused-ring (bicyclic) bond motifs is 1. The molecule has 0 radical (unpaired) electrons. The van der Waals surface area contributed by atoms with Gasteiger partial charge >= 0.3 is 12.1 Å². The third kappa shape index (κ3) is 3.06. The van der Waals surface area contributed by atoms with Crippen LogP contribution in [0.15, 0.2) is 12.4 Å². The van der Waals surface area contributed by atoms with Gasteiger partial charge in [0.15, 0.2) is 5.65 Å². The number of aromatic nitrogens is 3. The largest absolute Gasteiger partial charge is 0.478 e. The van der Waals surface area contributed by atoms with Crippen molar-refractivity contribution in [2.45, 2.75) is 12.6 Å². The molecule has 6 nitrogen and oxygen atoms in total. The van der Waals surface area contributed by atoms with Gasteiger partial charge in [-0.3, -0.25) is 4.68 Å². The van der Waals surface area contributed by atoms with E-state index in [1.165, 1.54) is 22.8 Å². The van der Waals surface area contributed by atoms with E-state index in [2.05, 4.69) is 10.1 Å². The van der Waals surface area contributed by atoms with Crippen LogP contribution in [0.2, 0.25) is 0 Å². The van der Waals surface area contributed by atoms with Crippen LogP contribution >= 0.6 is 0 Å². The number of hydrogen-bond donors (Lipinski definition) is 1. The van der Waals surface area contributed by atoms with Gasteiger partial charge in [0.2, 0.25) is 0 Å². The molecule has 2 aromatic heterocycles. The highest BCUT2D eigenvalue weighted by Gasteiger charge is 2.28.